The lowest BCUT2D eigenvalue weighted by molar-refractivity contribution is -0.384. The first-order valence-electron chi connectivity index (χ1n) is 18.6. The fraction of sp³-hybridized carbons (Fsp3) is 0.475. The number of hydrogen-bond acceptors (Lipinski definition) is 12. The smallest absolute Gasteiger partial charge is 0.436 e. The number of carbonyl (C=O) groups excluding carboxylic acids is 4. The number of benzene rings is 2. The van der Waals surface area contributed by atoms with Crippen LogP contribution in [0.25, 0.3) is 0 Å². The van der Waals surface area contributed by atoms with Gasteiger partial charge in [-0.15, -0.1) is 0 Å². The topological polar surface area (TPSA) is 225 Å². The van der Waals surface area contributed by atoms with Crippen molar-refractivity contribution >= 4 is 41.7 Å². The summed E-state index contributed by atoms with van der Waals surface area (Å²) in [5.41, 5.74) is -0.157. The number of aliphatic carboxylic acids is 1. The number of amides is 4. The maximum absolute atomic E-state index is 14.1. The Morgan fingerprint density at radius 2 is 1.43 bits per heavy atom. The predicted octanol–water partition coefficient (Wildman–Crippen LogP) is 6.02. The van der Waals surface area contributed by atoms with Crippen molar-refractivity contribution in [1.29, 1.82) is 0 Å². The lowest BCUT2D eigenvalue weighted by Gasteiger charge is -2.30. The van der Waals surface area contributed by atoms with Crippen molar-refractivity contribution in [3.8, 4) is 0 Å². The van der Waals surface area contributed by atoms with Crippen molar-refractivity contribution in [2.45, 2.75) is 118 Å². The number of fused-ring (bicyclic) bond motifs is 1. The number of non-ortho nitro benzene ring substituents is 1. The lowest BCUT2D eigenvalue weighted by Crippen LogP contribution is -2.49. The average Bonchev–Trinajstić information content (AvgIpc) is 3.48. The highest BCUT2D eigenvalue weighted by Gasteiger charge is 2.37. The molecule has 0 saturated heterocycles. The van der Waals surface area contributed by atoms with E-state index in [-0.39, 0.29) is 43.2 Å². The van der Waals surface area contributed by atoms with Crippen LogP contribution in [-0.4, -0.2) is 95.0 Å². The van der Waals surface area contributed by atoms with Gasteiger partial charge in [0.05, 0.1) is 16.7 Å². The SMILES string of the molecule is CC(C)(C)OC(=O)N=C(c1ccc(CN[C@@H](Cc2ccc([N+](=O)[O-])cc2)C(=O)N2CCc3nn(CC(=O)O)cc3C2)cc1)N(C(=O)OC(C)(C)C)C(=O)OC(C)(C)C. The normalized spacial score (nSPS) is 13.9. The van der Waals surface area contributed by atoms with Gasteiger partial charge in [-0.3, -0.25) is 24.4 Å². The van der Waals surface area contributed by atoms with Crippen LogP contribution in [0.3, 0.4) is 0 Å². The van der Waals surface area contributed by atoms with Crippen LogP contribution in [0.2, 0.25) is 0 Å². The second-order valence-corrected chi connectivity index (χ2v) is 16.7. The van der Waals surface area contributed by atoms with E-state index in [0.717, 1.165) is 11.3 Å². The van der Waals surface area contributed by atoms with Crippen molar-refractivity contribution in [2.75, 3.05) is 6.54 Å². The number of carbonyl (C=O) groups is 5. The zero-order valence-corrected chi connectivity index (χ0v) is 34.2. The monoisotopic (exact) mass is 805 g/mol. The first-order chi connectivity index (χ1) is 26.9. The molecule has 0 aliphatic carbocycles. The Morgan fingerprint density at radius 3 is 1.95 bits per heavy atom. The number of rotatable bonds is 10. The van der Waals surface area contributed by atoms with Crippen molar-refractivity contribution in [1.82, 2.24) is 24.9 Å². The molecule has 1 aliphatic heterocycles. The molecular formula is C40H51N7O11. The standard InChI is InChI=1S/C40H51N7O11/c1-38(2,3)56-35(51)42-33(46(36(52)57-39(4,5)6)37(53)58-40(7,8)9)27-14-10-26(11-15-27)21-41-31(20-25-12-16-29(17-13-25)47(54)55)34(50)44-19-18-30-28(22-44)23-45(43-30)24-32(48)49/h10-17,23,31,41H,18-22,24H2,1-9H3,(H,48,49)/t31-/m0/s1. The van der Waals surface area contributed by atoms with E-state index in [0.29, 0.717) is 29.0 Å². The number of carboxylic acids is 1. The molecule has 0 saturated carbocycles. The summed E-state index contributed by atoms with van der Waals surface area (Å²) in [4.78, 5) is 82.6. The van der Waals surface area contributed by atoms with Gasteiger partial charge in [-0.2, -0.15) is 15.0 Å². The molecule has 1 atom stereocenters. The summed E-state index contributed by atoms with van der Waals surface area (Å²) in [5.74, 6) is -1.69. The predicted molar refractivity (Wildman–Crippen MR) is 210 cm³/mol. The summed E-state index contributed by atoms with van der Waals surface area (Å²) < 4.78 is 17.8. The number of ether oxygens (including phenoxy) is 3. The molecule has 3 aromatic rings. The van der Waals surface area contributed by atoms with E-state index < -0.39 is 57.9 Å². The number of aliphatic imine (C=N–C) groups is 1. The third-order valence-electron chi connectivity index (χ3n) is 8.12. The minimum absolute atomic E-state index is 0.0897. The zero-order chi connectivity index (χ0) is 43.2. The minimum Gasteiger partial charge on any atom is -0.480 e. The van der Waals surface area contributed by atoms with Crippen molar-refractivity contribution < 1.29 is 48.2 Å². The number of nitrogens with zero attached hydrogens (tertiary/aromatic N) is 6. The highest BCUT2D eigenvalue weighted by Crippen LogP contribution is 2.22. The van der Waals surface area contributed by atoms with Gasteiger partial charge in [0.2, 0.25) is 5.91 Å². The van der Waals surface area contributed by atoms with Crippen LogP contribution in [0.1, 0.15) is 90.3 Å². The lowest BCUT2D eigenvalue weighted by atomic mass is 10.0. The van der Waals surface area contributed by atoms with E-state index >= 15 is 0 Å². The second-order valence-electron chi connectivity index (χ2n) is 16.7. The molecular weight excluding hydrogens is 754 g/mol. The molecule has 58 heavy (non-hydrogen) atoms. The molecule has 2 heterocycles. The van der Waals surface area contributed by atoms with Crippen LogP contribution in [-0.2, 0) is 56.3 Å². The number of aromatic nitrogens is 2. The molecule has 0 unspecified atom stereocenters. The van der Waals surface area contributed by atoms with Crippen molar-refractivity contribution in [2.24, 2.45) is 4.99 Å². The summed E-state index contributed by atoms with van der Waals surface area (Å²) in [6, 6.07) is 11.5. The molecule has 2 N–H and O–H groups in total. The highest BCUT2D eigenvalue weighted by atomic mass is 16.6. The number of nitrogens with one attached hydrogen (secondary N) is 1. The fourth-order valence-corrected chi connectivity index (χ4v) is 5.73. The first kappa shape index (κ1) is 44.5. The first-order valence-corrected chi connectivity index (χ1v) is 18.6. The molecule has 2 aromatic carbocycles. The minimum atomic E-state index is -1.14. The van der Waals surface area contributed by atoms with E-state index in [1.807, 2.05) is 0 Å². The van der Waals surface area contributed by atoms with Gasteiger partial charge in [-0.1, -0.05) is 36.4 Å². The van der Waals surface area contributed by atoms with Crippen molar-refractivity contribution in [3.63, 3.8) is 0 Å². The van der Waals surface area contributed by atoms with Gasteiger partial charge in [0, 0.05) is 55.5 Å². The Balaban J connectivity index is 1.65. The third-order valence-corrected chi connectivity index (χ3v) is 8.12. The van der Waals surface area contributed by atoms with E-state index in [4.69, 9.17) is 14.2 Å². The summed E-state index contributed by atoms with van der Waals surface area (Å²) >= 11 is 0. The maximum Gasteiger partial charge on any atom is 0.436 e. The number of imide groups is 1. The Kier molecular flexibility index (Phi) is 13.8. The van der Waals surface area contributed by atoms with Crippen LogP contribution in [0.5, 0.6) is 0 Å². The summed E-state index contributed by atoms with van der Waals surface area (Å²) in [5, 5.41) is 28.1. The van der Waals surface area contributed by atoms with E-state index in [9.17, 15) is 39.2 Å². The zero-order valence-electron chi connectivity index (χ0n) is 34.2. The van der Waals surface area contributed by atoms with Gasteiger partial charge in [-0.25, -0.2) is 14.4 Å². The Bertz CT molecular complexity index is 2010. The molecule has 0 spiro atoms. The Morgan fingerprint density at radius 1 is 0.879 bits per heavy atom. The fourth-order valence-electron chi connectivity index (χ4n) is 5.73. The number of nitro benzene ring substituents is 1. The van der Waals surface area contributed by atoms with E-state index in [1.165, 1.54) is 28.9 Å². The molecule has 4 amide bonds. The molecule has 4 rings (SSSR count). The Labute approximate surface area is 336 Å². The number of nitro groups is 1. The quantitative estimate of drug-likeness (QED) is 0.0788. The highest BCUT2D eigenvalue weighted by molar-refractivity contribution is 6.18. The second kappa shape index (κ2) is 18.0. The van der Waals surface area contributed by atoms with Crippen LogP contribution in [0.4, 0.5) is 20.1 Å². The molecule has 0 bridgehead atoms. The van der Waals surface area contributed by atoms with Gasteiger partial charge in [0.25, 0.3) is 5.69 Å². The third kappa shape index (κ3) is 13.2. The Hall–Kier alpha value is -6.17. The van der Waals surface area contributed by atoms with Gasteiger partial charge in [0.15, 0.2) is 5.84 Å². The van der Waals surface area contributed by atoms with Crippen molar-refractivity contribution in [3.05, 3.63) is 92.8 Å². The van der Waals surface area contributed by atoms with Gasteiger partial charge < -0.3 is 29.5 Å². The molecule has 0 radical (unpaired) electrons. The summed E-state index contributed by atoms with van der Waals surface area (Å²) in [6.45, 7) is 15.0. The molecule has 1 aliphatic rings. The number of hydrogen-bond donors (Lipinski definition) is 2. The maximum atomic E-state index is 14.1. The summed E-state index contributed by atoms with van der Waals surface area (Å²) in [6.07, 6.45) is -1.11. The summed E-state index contributed by atoms with van der Waals surface area (Å²) in [7, 11) is 0. The van der Waals surface area contributed by atoms with E-state index in [2.05, 4.69) is 15.4 Å². The molecule has 1 aromatic heterocycles. The average molecular weight is 806 g/mol. The number of carboxylic acid groups (broad SMARTS) is 1. The molecule has 312 valence electrons. The number of amidine groups is 1. The van der Waals surface area contributed by atoms with Gasteiger partial charge in [-0.05, 0) is 79.9 Å². The van der Waals surface area contributed by atoms with Gasteiger partial charge >= 0.3 is 24.2 Å². The van der Waals surface area contributed by atoms with Gasteiger partial charge in [0.1, 0.15) is 23.3 Å². The largest absolute Gasteiger partial charge is 0.480 e. The molecule has 0 fully saturated rings. The van der Waals surface area contributed by atoms with E-state index in [1.54, 1.807) is 97.7 Å². The van der Waals surface area contributed by atoms with Crippen LogP contribution >= 0.6 is 0 Å². The molecule has 18 nitrogen and oxygen atoms in total. The van der Waals surface area contributed by atoms with Crippen LogP contribution < -0.4 is 5.32 Å². The van der Waals surface area contributed by atoms with Crippen LogP contribution in [0, 0.1) is 10.1 Å². The van der Waals surface area contributed by atoms with Crippen LogP contribution in [0.15, 0.2) is 59.7 Å². The molecule has 18 heteroatoms.